The molecule has 2 N–H and O–H groups in total. The van der Waals surface area contributed by atoms with Gasteiger partial charge in [0.2, 0.25) is 0 Å². The first-order valence-electron chi connectivity index (χ1n) is 6.95. The maximum absolute atomic E-state index is 12.4. The Hall–Kier alpha value is -1.79. The fourth-order valence-corrected chi connectivity index (χ4v) is 3.08. The average Bonchev–Trinajstić information content (AvgIpc) is 2.79. The van der Waals surface area contributed by atoms with Crippen LogP contribution < -0.4 is 11.2 Å². The Bertz CT molecular complexity index is 827. The molecule has 0 unspecified atom stereocenters. The molecular weight excluding hydrogens is 344 g/mol. The van der Waals surface area contributed by atoms with Crippen molar-refractivity contribution >= 4 is 10.1 Å². The number of allylic oxidation sites excluding steroid dienone is 1. The van der Waals surface area contributed by atoms with Crippen LogP contribution in [0.15, 0.2) is 34.5 Å². The van der Waals surface area contributed by atoms with E-state index in [-0.39, 0.29) is 6.54 Å². The van der Waals surface area contributed by atoms with Crippen LogP contribution in [0, 0.1) is 0 Å². The smallest absolute Gasteiger partial charge is 0.333 e. The first kappa shape index (κ1) is 18.5. The summed E-state index contributed by atoms with van der Waals surface area (Å²) >= 11 is 0. The van der Waals surface area contributed by atoms with E-state index in [1.54, 1.807) is 0 Å². The SMILES string of the molecule is C=CCn1c(=O)ccn([C@@H]2O[C@H](CO)[C@H](OS(C)(=O)=O)[C@H]2O)c1=O. The molecule has 134 valence electrons. The summed E-state index contributed by atoms with van der Waals surface area (Å²) in [6, 6.07) is 1.10. The van der Waals surface area contributed by atoms with Gasteiger partial charge in [0.05, 0.1) is 12.9 Å². The number of aromatic nitrogens is 2. The summed E-state index contributed by atoms with van der Waals surface area (Å²) in [4.78, 5) is 24.1. The molecule has 2 rings (SSSR count). The third kappa shape index (κ3) is 3.65. The molecule has 1 saturated heterocycles. The van der Waals surface area contributed by atoms with Gasteiger partial charge in [0.1, 0.15) is 18.3 Å². The van der Waals surface area contributed by atoms with Crippen molar-refractivity contribution in [3.63, 3.8) is 0 Å². The third-order valence-electron chi connectivity index (χ3n) is 3.46. The lowest BCUT2D eigenvalue weighted by Gasteiger charge is -2.19. The van der Waals surface area contributed by atoms with E-state index in [2.05, 4.69) is 6.58 Å². The van der Waals surface area contributed by atoms with E-state index in [0.717, 1.165) is 27.7 Å². The Morgan fingerprint density at radius 3 is 2.67 bits per heavy atom. The van der Waals surface area contributed by atoms with E-state index in [1.807, 2.05) is 0 Å². The molecule has 1 aromatic heterocycles. The molecule has 0 amide bonds. The van der Waals surface area contributed by atoms with E-state index in [4.69, 9.17) is 8.92 Å². The highest BCUT2D eigenvalue weighted by Crippen LogP contribution is 2.31. The molecular formula is C13H18N2O8S. The zero-order valence-electron chi connectivity index (χ0n) is 12.8. The molecule has 1 aliphatic rings. The van der Waals surface area contributed by atoms with Crippen LogP contribution in [0.2, 0.25) is 0 Å². The lowest BCUT2D eigenvalue weighted by atomic mass is 10.1. The highest BCUT2D eigenvalue weighted by Gasteiger charge is 2.47. The number of rotatable bonds is 6. The van der Waals surface area contributed by atoms with Gasteiger partial charge in [0.25, 0.3) is 15.7 Å². The van der Waals surface area contributed by atoms with Crippen molar-refractivity contribution in [2.24, 2.45) is 0 Å². The molecule has 1 aliphatic heterocycles. The third-order valence-corrected chi connectivity index (χ3v) is 4.03. The van der Waals surface area contributed by atoms with Crippen LogP contribution >= 0.6 is 0 Å². The first-order valence-corrected chi connectivity index (χ1v) is 8.76. The minimum absolute atomic E-state index is 0.0476. The van der Waals surface area contributed by atoms with Gasteiger partial charge >= 0.3 is 5.69 Å². The normalized spacial score (nSPS) is 27.3. The number of hydrogen-bond donors (Lipinski definition) is 2. The van der Waals surface area contributed by atoms with E-state index < -0.39 is 52.5 Å². The van der Waals surface area contributed by atoms with Gasteiger partial charge in [-0.3, -0.25) is 18.1 Å². The maximum Gasteiger partial charge on any atom is 0.333 e. The van der Waals surface area contributed by atoms with Crippen molar-refractivity contribution in [3.8, 4) is 0 Å². The average molecular weight is 362 g/mol. The molecule has 0 bridgehead atoms. The van der Waals surface area contributed by atoms with E-state index in [0.29, 0.717) is 0 Å². The molecule has 4 atom stereocenters. The molecule has 2 heterocycles. The Morgan fingerprint density at radius 2 is 2.12 bits per heavy atom. The molecule has 24 heavy (non-hydrogen) atoms. The summed E-state index contributed by atoms with van der Waals surface area (Å²) in [5, 5.41) is 19.6. The van der Waals surface area contributed by atoms with Crippen LogP contribution in [-0.2, 0) is 25.6 Å². The van der Waals surface area contributed by atoms with Crippen molar-refractivity contribution < 1.29 is 27.6 Å². The molecule has 0 aliphatic carbocycles. The number of aliphatic hydroxyl groups excluding tert-OH is 2. The lowest BCUT2D eigenvalue weighted by molar-refractivity contribution is -0.0549. The van der Waals surface area contributed by atoms with Crippen LogP contribution in [0.4, 0.5) is 0 Å². The minimum Gasteiger partial charge on any atom is -0.394 e. The van der Waals surface area contributed by atoms with Gasteiger partial charge in [-0.2, -0.15) is 8.42 Å². The molecule has 1 aromatic rings. The van der Waals surface area contributed by atoms with Gasteiger partial charge in [-0.25, -0.2) is 4.79 Å². The zero-order chi connectivity index (χ0) is 18.1. The Balaban J connectivity index is 2.43. The van der Waals surface area contributed by atoms with Crippen LogP contribution in [0.5, 0.6) is 0 Å². The van der Waals surface area contributed by atoms with E-state index in [9.17, 15) is 28.2 Å². The second-order valence-corrected chi connectivity index (χ2v) is 6.85. The standard InChI is InChI=1S/C13H18N2O8S/c1-3-5-14-9(17)4-6-15(13(14)19)12-10(18)11(8(7-16)22-12)23-24(2,20)21/h3-4,6,8,10-12,16,18H,1,5,7H2,2H3/t8-,10-,11+,12-/m1/s1. The predicted molar refractivity (Wildman–Crippen MR) is 81.9 cm³/mol. The monoisotopic (exact) mass is 362 g/mol. The van der Waals surface area contributed by atoms with Gasteiger partial charge in [0, 0.05) is 18.8 Å². The van der Waals surface area contributed by atoms with Gasteiger partial charge in [-0.15, -0.1) is 6.58 Å². The second kappa shape index (κ2) is 6.99. The van der Waals surface area contributed by atoms with Gasteiger partial charge in [-0.05, 0) is 0 Å². The highest BCUT2D eigenvalue weighted by molar-refractivity contribution is 7.86. The van der Waals surface area contributed by atoms with Gasteiger partial charge in [-0.1, -0.05) is 6.08 Å². The number of hydrogen-bond acceptors (Lipinski definition) is 8. The van der Waals surface area contributed by atoms with Crippen molar-refractivity contribution in [1.82, 2.24) is 9.13 Å². The van der Waals surface area contributed by atoms with Crippen LogP contribution in [0.1, 0.15) is 6.23 Å². The Morgan fingerprint density at radius 1 is 1.46 bits per heavy atom. The summed E-state index contributed by atoms with van der Waals surface area (Å²) in [5.41, 5.74) is -1.34. The molecule has 0 spiro atoms. The number of nitrogens with zero attached hydrogens (tertiary/aromatic N) is 2. The molecule has 10 nitrogen and oxygen atoms in total. The number of aliphatic hydroxyl groups is 2. The summed E-state index contributed by atoms with van der Waals surface area (Å²) < 4.78 is 34.5. The molecule has 0 aromatic carbocycles. The summed E-state index contributed by atoms with van der Waals surface area (Å²) in [6.07, 6.45) is -2.16. The Kier molecular flexibility index (Phi) is 5.40. The largest absolute Gasteiger partial charge is 0.394 e. The minimum atomic E-state index is -3.93. The highest BCUT2D eigenvalue weighted by atomic mass is 32.2. The molecule has 0 radical (unpaired) electrons. The van der Waals surface area contributed by atoms with Gasteiger partial charge in [0.15, 0.2) is 6.23 Å². The fourth-order valence-electron chi connectivity index (χ4n) is 2.44. The first-order chi connectivity index (χ1) is 11.2. The van der Waals surface area contributed by atoms with Crippen molar-refractivity contribution in [1.29, 1.82) is 0 Å². The quantitative estimate of drug-likeness (QED) is 0.429. The topological polar surface area (TPSA) is 137 Å². The van der Waals surface area contributed by atoms with Crippen molar-refractivity contribution in [2.45, 2.75) is 31.1 Å². The van der Waals surface area contributed by atoms with Crippen molar-refractivity contribution in [3.05, 3.63) is 45.8 Å². The van der Waals surface area contributed by atoms with Crippen LogP contribution in [0.25, 0.3) is 0 Å². The predicted octanol–water partition coefficient (Wildman–Crippen LogP) is -2.21. The second-order valence-electron chi connectivity index (χ2n) is 5.25. The van der Waals surface area contributed by atoms with Gasteiger partial charge < -0.3 is 14.9 Å². The molecule has 1 fully saturated rings. The lowest BCUT2D eigenvalue weighted by Crippen LogP contribution is -2.43. The fraction of sp³-hybridized carbons (Fsp3) is 0.538. The molecule has 11 heteroatoms. The Labute approximate surface area is 137 Å². The summed E-state index contributed by atoms with van der Waals surface area (Å²) in [7, 11) is -3.93. The van der Waals surface area contributed by atoms with Crippen molar-refractivity contribution in [2.75, 3.05) is 12.9 Å². The van der Waals surface area contributed by atoms with Crippen LogP contribution in [-0.4, -0.2) is 58.9 Å². The van der Waals surface area contributed by atoms with E-state index in [1.165, 1.54) is 6.08 Å². The van der Waals surface area contributed by atoms with E-state index >= 15 is 0 Å². The molecule has 0 saturated carbocycles. The zero-order valence-corrected chi connectivity index (χ0v) is 13.6. The summed E-state index contributed by atoms with van der Waals surface area (Å²) in [6.45, 7) is 2.77. The maximum atomic E-state index is 12.4. The summed E-state index contributed by atoms with van der Waals surface area (Å²) in [5.74, 6) is 0. The number of ether oxygens (including phenoxy) is 1. The van der Waals surface area contributed by atoms with Crippen LogP contribution in [0.3, 0.4) is 0 Å².